The van der Waals surface area contributed by atoms with Gasteiger partial charge in [0.05, 0.1) is 29.5 Å². The predicted molar refractivity (Wildman–Crippen MR) is 138 cm³/mol. The highest BCUT2D eigenvalue weighted by Crippen LogP contribution is 2.37. The number of rotatable bonds is 6. The van der Waals surface area contributed by atoms with Crippen molar-refractivity contribution in [1.82, 2.24) is 15.0 Å². The summed E-state index contributed by atoms with van der Waals surface area (Å²) in [4.78, 5) is 17.3. The zero-order chi connectivity index (χ0) is 28.5. The minimum atomic E-state index is -4.56. The van der Waals surface area contributed by atoms with Crippen molar-refractivity contribution in [3.05, 3.63) is 65.0 Å². The quantitative estimate of drug-likeness (QED) is 0.374. The third-order valence-corrected chi connectivity index (χ3v) is 7.19. The van der Waals surface area contributed by atoms with Crippen molar-refractivity contribution in [2.75, 3.05) is 48.5 Å². The first-order valence-corrected chi connectivity index (χ1v) is 12.9. The molecular weight excluding hydrogens is 538 g/mol. The van der Waals surface area contributed by atoms with E-state index in [-0.39, 0.29) is 24.9 Å². The molecule has 0 unspecified atom stereocenters. The molecule has 0 aliphatic carbocycles. The maximum atomic E-state index is 13.7. The van der Waals surface area contributed by atoms with E-state index in [0.29, 0.717) is 54.7 Å². The van der Waals surface area contributed by atoms with Gasteiger partial charge in [-0.3, -0.25) is 0 Å². The molecule has 2 aromatic heterocycles. The standard InChI is InChI=1S/C27H28F6N6O/c1-40-16-19-4-3-13-39(19)25-36-22-11-15-38(24-21(27(31,32)33)5-2-12-34-24)14-10-20(22)23(37-25)35-18-8-6-17(7-9-18)26(28,29)30/h2,5-9,12,19H,3-4,10-11,13-16H2,1H3,(H,35,36,37)/t19-/m0/s1. The third-order valence-electron chi connectivity index (χ3n) is 7.19. The average Bonchev–Trinajstić information content (AvgIpc) is 3.26. The van der Waals surface area contributed by atoms with E-state index in [9.17, 15) is 26.3 Å². The van der Waals surface area contributed by atoms with Gasteiger partial charge < -0.3 is 19.9 Å². The van der Waals surface area contributed by atoms with E-state index in [1.165, 1.54) is 24.4 Å². The van der Waals surface area contributed by atoms with Crippen LogP contribution in [0.1, 0.15) is 35.2 Å². The van der Waals surface area contributed by atoms with Gasteiger partial charge in [0.2, 0.25) is 5.95 Å². The summed E-state index contributed by atoms with van der Waals surface area (Å²) in [5.74, 6) is 0.727. The van der Waals surface area contributed by atoms with Crippen LogP contribution in [0.4, 0.5) is 49.6 Å². The van der Waals surface area contributed by atoms with Gasteiger partial charge in [0, 0.05) is 50.6 Å². The molecule has 0 saturated carbocycles. The van der Waals surface area contributed by atoms with Crippen molar-refractivity contribution >= 4 is 23.3 Å². The van der Waals surface area contributed by atoms with Gasteiger partial charge in [0.15, 0.2) is 0 Å². The Morgan fingerprint density at radius 2 is 1.70 bits per heavy atom. The Balaban J connectivity index is 1.50. The van der Waals surface area contributed by atoms with Crippen LogP contribution in [-0.2, 0) is 29.9 Å². The number of benzene rings is 1. The molecular formula is C27H28F6N6O. The van der Waals surface area contributed by atoms with Gasteiger partial charge in [0.1, 0.15) is 11.6 Å². The zero-order valence-corrected chi connectivity index (χ0v) is 21.7. The molecule has 1 fully saturated rings. The third kappa shape index (κ3) is 5.93. The molecule has 1 atom stereocenters. The molecule has 3 aromatic rings. The molecule has 4 heterocycles. The smallest absolute Gasteiger partial charge is 0.383 e. The summed E-state index contributed by atoms with van der Waals surface area (Å²) in [6.45, 7) is 1.68. The van der Waals surface area contributed by atoms with Gasteiger partial charge in [-0.1, -0.05) is 0 Å². The van der Waals surface area contributed by atoms with Crippen molar-refractivity contribution in [1.29, 1.82) is 0 Å². The first-order chi connectivity index (χ1) is 19.0. The number of hydrogen-bond acceptors (Lipinski definition) is 7. The van der Waals surface area contributed by atoms with Crippen molar-refractivity contribution < 1.29 is 31.1 Å². The fourth-order valence-corrected chi connectivity index (χ4v) is 5.24. The SMILES string of the molecule is COC[C@@H]1CCCN1c1nc2c(c(Nc3ccc(C(F)(F)F)cc3)n1)CCN(c1ncccc1C(F)(F)F)CC2. The summed E-state index contributed by atoms with van der Waals surface area (Å²) >= 11 is 0. The number of halogens is 6. The van der Waals surface area contributed by atoms with E-state index in [1.54, 1.807) is 12.0 Å². The summed E-state index contributed by atoms with van der Waals surface area (Å²) in [5.41, 5.74) is 0.203. The fourth-order valence-electron chi connectivity index (χ4n) is 5.24. The fraction of sp³-hybridized carbons (Fsp3) is 0.444. The average molecular weight is 567 g/mol. The molecule has 1 saturated heterocycles. The van der Waals surface area contributed by atoms with Crippen LogP contribution in [-0.4, -0.2) is 54.3 Å². The van der Waals surface area contributed by atoms with Crippen LogP contribution >= 0.6 is 0 Å². The summed E-state index contributed by atoms with van der Waals surface area (Å²) < 4.78 is 85.8. The summed E-state index contributed by atoms with van der Waals surface area (Å²) in [7, 11) is 1.62. The van der Waals surface area contributed by atoms with Crippen molar-refractivity contribution in [3.8, 4) is 0 Å². The Labute approximate surface area is 227 Å². The Kier molecular flexibility index (Phi) is 7.76. The molecule has 0 amide bonds. The van der Waals surface area contributed by atoms with Gasteiger partial charge in [0.25, 0.3) is 0 Å². The maximum absolute atomic E-state index is 13.7. The van der Waals surface area contributed by atoms with Crippen molar-refractivity contribution in [2.24, 2.45) is 0 Å². The molecule has 2 aliphatic heterocycles. The van der Waals surface area contributed by atoms with E-state index in [0.717, 1.165) is 31.0 Å². The zero-order valence-electron chi connectivity index (χ0n) is 21.7. The lowest BCUT2D eigenvalue weighted by molar-refractivity contribution is -0.138. The number of aromatic nitrogens is 3. The van der Waals surface area contributed by atoms with E-state index < -0.39 is 23.5 Å². The Morgan fingerprint density at radius 3 is 2.40 bits per heavy atom. The second kappa shape index (κ2) is 11.1. The van der Waals surface area contributed by atoms with Crippen LogP contribution in [0.15, 0.2) is 42.6 Å². The number of pyridine rings is 1. The first-order valence-electron chi connectivity index (χ1n) is 12.9. The van der Waals surface area contributed by atoms with Crippen LogP contribution in [0.5, 0.6) is 0 Å². The normalized spacial score (nSPS) is 18.0. The predicted octanol–water partition coefficient (Wildman–Crippen LogP) is 5.87. The van der Waals surface area contributed by atoms with E-state index in [4.69, 9.17) is 14.7 Å². The van der Waals surface area contributed by atoms with E-state index in [1.807, 2.05) is 4.90 Å². The monoisotopic (exact) mass is 566 g/mol. The number of anilines is 4. The van der Waals surface area contributed by atoms with Gasteiger partial charge in [-0.05, 0) is 55.7 Å². The molecule has 0 radical (unpaired) electrons. The van der Waals surface area contributed by atoms with Crippen LogP contribution in [0.3, 0.4) is 0 Å². The van der Waals surface area contributed by atoms with Gasteiger partial charge >= 0.3 is 12.4 Å². The lowest BCUT2D eigenvalue weighted by Gasteiger charge is -2.26. The maximum Gasteiger partial charge on any atom is 0.419 e. The van der Waals surface area contributed by atoms with Crippen molar-refractivity contribution in [2.45, 2.75) is 44.1 Å². The molecule has 5 rings (SSSR count). The number of fused-ring (bicyclic) bond motifs is 1. The molecule has 40 heavy (non-hydrogen) atoms. The highest BCUT2D eigenvalue weighted by molar-refractivity contribution is 5.63. The summed E-state index contributed by atoms with van der Waals surface area (Å²) in [6, 6.07) is 6.96. The minimum absolute atomic E-state index is 0.0621. The number of hydrogen-bond donors (Lipinski definition) is 1. The van der Waals surface area contributed by atoms with Gasteiger partial charge in [-0.15, -0.1) is 0 Å². The molecule has 0 spiro atoms. The molecule has 2 aliphatic rings. The topological polar surface area (TPSA) is 66.4 Å². The Hall–Kier alpha value is -3.61. The molecule has 1 N–H and O–H groups in total. The molecule has 13 heteroatoms. The second-order valence-corrected chi connectivity index (χ2v) is 9.80. The lowest BCUT2D eigenvalue weighted by Crippen LogP contribution is -2.34. The number of alkyl halides is 6. The number of methoxy groups -OCH3 is 1. The number of nitrogens with zero attached hydrogens (tertiary/aromatic N) is 5. The van der Waals surface area contributed by atoms with Gasteiger partial charge in [-0.25, -0.2) is 9.97 Å². The highest BCUT2D eigenvalue weighted by Gasteiger charge is 2.36. The van der Waals surface area contributed by atoms with Gasteiger partial charge in [-0.2, -0.15) is 31.3 Å². The number of nitrogens with one attached hydrogen (secondary N) is 1. The van der Waals surface area contributed by atoms with Crippen LogP contribution in [0.2, 0.25) is 0 Å². The van der Waals surface area contributed by atoms with E-state index in [2.05, 4.69) is 10.3 Å². The van der Waals surface area contributed by atoms with Crippen LogP contribution in [0, 0.1) is 0 Å². The first kappa shape index (κ1) is 27.9. The lowest BCUT2D eigenvalue weighted by atomic mass is 10.1. The van der Waals surface area contributed by atoms with E-state index >= 15 is 0 Å². The Bertz CT molecular complexity index is 1330. The van der Waals surface area contributed by atoms with Crippen molar-refractivity contribution in [3.63, 3.8) is 0 Å². The highest BCUT2D eigenvalue weighted by atomic mass is 19.4. The van der Waals surface area contributed by atoms with Crippen LogP contribution in [0.25, 0.3) is 0 Å². The molecule has 1 aromatic carbocycles. The Morgan fingerprint density at radius 1 is 0.950 bits per heavy atom. The molecule has 214 valence electrons. The number of ether oxygens (including phenoxy) is 1. The second-order valence-electron chi connectivity index (χ2n) is 9.80. The molecule has 7 nitrogen and oxygen atoms in total. The summed E-state index contributed by atoms with van der Waals surface area (Å²) in [6.07, 6.45) is -5.23. The molecule has 0 bridgehead atoms. The minimum Gasteiger partial charge on any atom is -0.383 e. The summed E-state index contributed by atoms with van der Waals surface area (Å²) in [5, 5.41) is 3.15. The van der Waals surface area contributed by atoms with Crippen LogP contribution < -0.4 is 15.1 Å². The largest absolute Gasteiger partial charge is 0.419 e.